The van der Waals surface area contributed by atoms with E-state index in [0.717, 1.165) is 0 Å². The summed E-state index contributed by atoms with van der Waals surface area (Å²) in [6.45, 7) is 5.33. The van der Waals surface area contributed by atoms with Gasteiger partial charge in [0.1, 0.15) is 18.0 Å². The number of alkyl carbamates (subject to hydrolysis) is 1. The van der Waals surface area contributed by atoms with Crippen LogP contribution in [-0.2, 0) is 9.47 Å². The summed E-state index contributed by atoms with van der Waals surface area (Å²) in [5.41, 5.74) is 0.370. The number of carbonyl (C=O) groups excluding carboxylic acids is 1. The van der Waals surface area contributed by atoms with E-state index in [1.54, 1.807) is 25.1 Å². The fourth-order valence-corrected chi connectivity index (χ4v) is 1.78. The van der Waals surface area contributed by atoms with Gasteiger partial charge in [0.05, 0.1) is 0 Å². The molecule has 1 aromatic carbocycles. The van der Waals surface area contributed by atoms with Crippen LogP contribution in [0, 0.1) is 5.82 Å². The number of carbonyl (C=O) groups is 1. The fourth-order valence-electron chi connectivity index (χ4n) is 1.78. The largest absolute Gasteiger partial charge is 0.443 e. The molecular weight excluding hydrogens is 249 g/mol. The van der Waals surface area contributed by atoms with E-state index in [4.69, 9.17) is 9.47 Å². The highest BCUT2D eigenvalue weighted by Gasteiger charge is 2.25. The number of halogens is 1. The standard InChI is InChI=1S/C14H20FNO3/c1-9(2)16-14(17)19-10(3)13(18-4)11-7-5-6-8-12(11)15/h5-10,13H,1-4H3,(H,16,17)/t10-,13+/m0/s1. The van der Waals surface area contributed by atoms with Gasteiger partial charge in [0.15, 0.2) is 0 Å². The Balaban J connectivity index is 2.75. The predicted molar refractivity (Wildman–Crippen MR) is 70.4 cm³/mol. The van der Waals surface area contributed by atoms with Crippen molar-refractivity contribution in [3.8, 4) is 0 Å². The first-order valence-electron chi connectivity index (χ1n) is 6.20. The van der Waals surface area contributed by atoms with Crippen LogP contribution in [0.25, 0.3) is 0 Å². The van der Waals surface area contributed by atoms with Crippen molar-refractivity contribution in [2.75, 3.05) is 7.11 Å². The zero-order chi connectivity index (χ0) is 14.4. The van der Waals surface area contributed by atoms with Crippen molar-refractivity contribution in [3.05, 3.63) is 35.6 Å². The molecule has 0 aliphatic heterocycles. The van der Waals surface area contributed by atoms with Gasteiger partial charge in [-0.3, -0.25) is 0 Å². The van der Waals surface area contributed by atoms with Crippen molar-refractivity contribution in [3.63, 3.8) is 0 Å². The van der Waals surface area contributed by atoms with E-state index < -0.39 is 18.3 Å². The number of benzene rings is 1. The molecule has 1 aromatic rings. The molecule has 106 valence electrons. The average Bonchev–Trinajstić information content (AvgIpc) is 2.31. The van der Waals surface area contributed by atoms with Gasteiger partial charge in [0.2, 0.25) is 0 Å². The highest BCUT2D eigenvalue weighted by Crippen LogP contribution is 2.25. The Morgan fingerprint density at radius 1 is 1.26 bits per heavy atom. The lowest BCUT2D eigenvalue weighted by molar-refractivity contribution is -0.0170. The van der Waals surface area contributed by atoms with E-state index in [0.29, 0.717) is 5.56 Å². The molecule has 0 fully saturated rings. The Hall–Kier alpha value is -1.62. The molecule has 1 rings (SSSR count). The third-order valence-corrected chi connectivity index (χ3v) is 2.59. The van der Waals surface area contributed by atoms with Crippen LogP contribution >= 0.6 is 0 Å². The Labute approximate surface area is 112 Å². The van der Waals surface area contributed by atoms with E-state index in [1.807, 2.05) is 13.8 Å². The predicted octanol–water partition coefficient (Wildman–Crippen LogP) is 3.04. The van der Waals surface area contributed by atoms with E-state index in [9.17, 15) is 9.18 Å². The number of nitrogens with one attached hydrogen (secondary N) is 1. The lowest BCUT2D eigenvalue weighted by atomic mass is 10.0. The quantitative estimate of drug-likeness (QED) is 0.893. The number of hydrogen-bond acceptors (Lipinski definition) is 3. The lowest BCUT2D eigenvalue weighted by Gasteiger charge is -2.24. The number of amides is 1. The van der Waals surface area contributed by atoms with E-state index in [1.165, 1.54) is 13.2 Å². The topological polar surface area (TPSA) is 47.6 Å². The molecule has 0 spiro atoms. The number of rotatable bonds is 5. The molecule has 0 bridgehead atoms. The molecule has 2 atom stereocenters. The molecule has 1 N–H and O–H groups in total. The molecule has 1 amide bonds. The molecule has 0 unspecified atom stereocenters. The zero-order valence-corrected chi connectivity index (χ0v) is 11.6. The Kier molecular flexibility index (Phi) is 5.76. The maximum atomic E-state index is 13.7. The summed E-state index contributed by atoms with van der Waals surface area (Å²) in [4.78, 5) is 11.5. The molecule has 0 radical (unpaired) electrons. The maximum absolute atomic E-state index is 13.7. The van der Waals surface area contributed by atoms with Crippen molar-refractivity contribution >= 4 is 6.09 Å². The second kappa shape index (κ2) is 7.09. The number of hydrogen-bond donors (Lipinski definition) is 1. The van der Waals surface area contributed by atoms with Gasteiger partial charge in [-0.25, -0.2) is 9.18 Å². The molecule has 0 aromatic heterocycles. The SMILES string of the molecule is CO[C@@H](c1ccccc1F)[C@H](C)OC(=O)NC(C)C. The van der Waals surface area contributed by atoms with Crippen LogP contribution in [0.15, 0.2) is 24.3 Å². The minimum atomic E-state index is -0.640. The molecule has 0 heterocycles. The highest BCUT2D eigenvalue weighted by molar-refractivity contribution is 5.67. The van der Waals surface area contributed by atoms with Gasteiger partial charge in [-0.2, -0.15) is 0 Å². The summed E-state index contributed by atoms with van der Waals surface area (Å²) in [7, 11) is 1.46. The molecule has 4 nitrogen and oxygen atoms in total. The van der Waals surface area contributed by atoms with Crippen LogP contribution in [0.3, 0.4) is 0 Å². The van der Waals surface area contributed by atoms with Crippen LogP contribution in [0.4, 0.5) is 9.18 Å². The van der Waals surface area contributed by atoms with Gasteiger partial charge < -0.3 is 14.8 Å². The third kappa shape index (κ3) is 4.52. The van der Waals surface area contributed by atoms with Gasteiger partial charge in [-0.05, 0) is 26.8 Å². The van der Waals surface area contributed by atoms with E-state index >= 15 is 0 Å². The summed E-state index contributed by atoms with van der Waals surface area (Å²) in [5.74, 6) is -0.380. The minimum absolute atomic E-state index is 0.0193. The second-order valence-electron chi connectivity index (χ2n) is 4.59. The smallest absolute Gasteiger partial charge is 0.407 e. The number of methoxy groups -OCH3 is 1. The first-order valence-corrected chi connectivity index (χ1v) is 6.20. The summed E-state index contributed by atoms with van der Waals surface area (Å²) < 4.78 is 24.1. The minimum Gasteiger partial charge on any atom is -0.443 e. The van der Waals surface area contributed by atoms with Crippen molar-refractivity contribution < 1.29 is 18.7 Å². The van der Waals surface area contributed by atoms with Gasteiger partial charge >= 0.3 is 6.09 Å². The van der Waals surface area contributed by atoms with Crippen LogP contribution in [0.5, 0.6) is 0 Å². The Bertz CT molecular complexity index is 423. The maximum Gasteiger partial charge on any atom is 0.407 e. The van der Waals surface area contributed by atoms with Gasteiger partial charge in [0.25, 0.3) is 0 Å². The molecular formula is C14H20FNO3. The molecule has 0 aliphatic carbocycles. The van der Waals surface area contributed by atoms with E-state index in [2.05, 4.69) is 5.32 Å². The van der Waals surface area contributed by atoms with Crippen LogP contribution in [0.2, 0.25) is 0 Å². The van der Waals surface area contributed by atoms with Crippen LogP contribution < -0.4 is 5.32 Å². The third-order valence-electron chi connectivity index (χ3n) is 2.59. The van der Waals surface area contributed by atoms with Crippen LogP contribution in [-0.4, -0.2) is 25.3 Å². The lowest BCUT2D eigenvalue weighted by Crippen LogP contribution is -2.35. The van der Waals surface area contributed by atoms with Crippen molar-refractivity contribution in [1.29, 1.82) is 0 Å². The molecule has 0 aliphatic rings. The molecule has 5 heteroatoms. The monoisotopic (exact) mass is 269 g/mol. The van der Waals surface area contributed by atoms with Gasteiger partial charge in [-0.1, -0.05) is 18.2 Å². The summed E-state index contributed by atoms with van der Waals surface area (Å²) in [6.07, 6.45) is -1.78. The van der Waals surface area contributed by atoms with Gasteiger partial charge in [-0.15, -0.1) is 0 Å². The van der Waals surface area contributed by atoms with Crippen molar-refractivity contribution in [1.82, 2.24) is 5.32 Å². The summed E-state index contributed by atoms with van der Waals surface area (Å²) in [6, 6.07) is 6.26. The van der Waals surface area contributed by atoms with Gasteiger partial charge in [0, 0.05) is 18.7 Å². The Morgan fingerprint density at radius 3 is 2.42 bits per heavy atom. The van der Waals surface area contributed by atoms with E-state index in [-0.39, 0.29) is 11.9 Å². The number of ether oxygens (including phenoxy) is 2. The molecule has 0 saturated heterocycles. The molecule has 0 saturated carbocycles. The summed E-state index contributed by atoms with van der Waals surface area (Å²) >= 11 is 0. The second-order valence-corrected chi connectivity index (χ2v) is 4.59. The first-order chi connectivity index (χ1) is 8.95. The molecule has 19 heavy (non-hydrogen) atoms. The van der Waals surface area contributed by atoms with Crippen molar-refractivity contribution in [2.45, 2.75) is 39.0 Å². The first kappa shape index (κ1) is 15.4. The fraction of sp³-hybridized carbons (Fsp3) is 0.500. The average molecular weight is 269 g/mol. The summed E-state index contributed by atoms with van der Waals surface area (Å²) in [5, 5.41) is 2.61. The Morgan fingerprint density at radius 2 is 1.89 bits per heavy atom. The zero-order valence-electron chi connectivity index (χ0n) is 11.6. The highest BCUT2D eigenvalue weighted by atomic mass is 19.1. The van der Waals surface area contributed by atoms with Crippen LogP contribution in [0.1, 0.15) is 32.4 Å². The van der Waals surface area contributed by atoms with Crippen molar-refractivity contribution in [2.24, 2.45) is 0 Å². The normalized spacial score (nSPS) is 14.0.